The van der Waals surface area contributed by atoms with Gasteiger partial charge in [0, 0.05) is 12.8 Å². The summed E-state index contributed by atoms with van der Waals surface area (Å²) in [6, 6.07) is 19.2. The molecule has 0 aliphatic rings. The number of benzene rings is 3. The quantitative estimate of drug-likeness (QED) is 0.0874. The maximum atomic E-state index is 13.6. The Morgan fingerprint density at radius 3 is 1.85 bits per heavy atom. The van der Waals surface area contributed by atoms with Crippen LogP contribution in [0.2, 0.25) is 0 Å². The number of hydrogen-bond donors (Lipinski definition) is 3. The number of aryl methyl sites for hydroxylation is 1. The van der Waals surface area contributed by atoms with Crippen molar-refractivity contribution in [1.29, 1.82) is 0 Å². The summed E-state index contributed by atoms with van der Waals surface area (Å²) in [4.78, 5) is 82.9. The molecule has 1 heterocycles. The Balaban J connectivity index is 1.48. The molecule has 0 unspecified atom stereocenters. The van der Waals surface area contributed by atoms with Gasteiger partial charge in [-0.05, 0) is 70.7 Å². The van der Waals surface area contributed by atoms with E-state index in [2.05, 4.69) is 20.9 Å². The second-order valence-electron chi connectivity index (χ2n) is 15.5. The molecule has 3 N–H and O–H groups in total. The van der Waals surface area contributed by atoms with E-state index >= 15 is 0 Å². The van der Waals surface area contributed by atoms with Crippen molar-refractivity contribution in [2.75, 3.05) is 7.11 Å². The molecule has 0 bridgehead atoms. The molecule has 59 heavy (non-hydrogen) atoms. The molecule has 16 heteroatoms. The number of carbonyl (C=O) groups excluding carboxylic acids is 6. The highest BCUT2D eigenvalue weighted by Gasteiger charge is 2.32. The van der Waals surface area contributed by atoms with Crippen LogP contribution in [0.5, 0.6) is 0 Å². The summed E-state index contributed by atoms with van der Waals surface area (Å²) < 4.78 is 32.6. The number of hydrogen-bond acceptors (Lipinski definition) is 13. The van der Waals surface area contributed by atoms with E-state index < -0.39 is 71.8 Å². The molecule has 0 fully saturated rings. The molecule has 0 spiro atoms. The molecular weight excluding hydrogens is 764 g/mol. The molecule has 4 aromatic rings. The first-order chi connectivity index (χ1) is 27.9. The molecule has 0 aliphatic heterocycles. The maximum absolute atomic E-state index is 13.6. The molecule has 0 radical (unpaired) electrons. The van der Waals surface area contributed by atoms with Crippen LogP contribution >= 0.6 is 0 Å². The lowest BCUT2D eigenvalue weighted by atomic mass is 10.0. The van der Waals surface area contributed by atoms with E-state index in [1.165, 1.54) is 0 Å². The lowest BCUT2D eigenvalue weighted by Gasteiger charge is -2.24. The van der Waals surface area contributed by atoms with Gasteiger partial charge in [-0.15, -0.1) is 0 Å². The third kappa shape index (κ3) is 15.4. The molecule has 3 atom stereocenters. The topological polar surface area (TPSA) is 211 Å². The zero-order valence-electron chi connectivity index (χ0n) is 34.3. The number of oxazole rings is 1. The first-order valence-corrected chi connectivity index (χ1v) is 19.0. The number of alkyl carbamates (subject to hydrolysis) is 2. The van der Waals surface area contributed by atoms with Gasteiger partial charge in [-0.2, -0.15) is 0 Å². The number of methoxy groups -OCH3 is 1. The van der Waals surface area contributed by atoms with Crippen LogP contribution in [-0.4, -0.2) is 77.4 Å². The van der Waals surface area contributed by atoms with Crippen LogP contribution < -0.4 is 16.0 Å². The van der Waals surface area contributed by atoms with Crippen LogP contribution in [0.25, 0.3) is 11.1 Å². The Labute approximate surface area is 342 Å². The van der Waals surface area contributed by atoms with Crippen molar-refractivity contribution in [1.82, 2.24) is 20.9 Å². The molecule has 1 aromatic heterocycles. The molecule has 3 aromatic carbocycles. The number of carbonyl (C=O) groups is 6. The number of esters is 3. The predicted octanol–water partition coefficient (Wildman–Crippen LogP) is 5.62. The Morgan fingerprint density at radius 1 is 0.661 bits per heavy atom. The number of ether oxygens (including phenoxy) is 5. The summed E-state index contributed by atoms with van der Waals surface area (Å²) in [6.07, 6.45) is -2.41. The van der Waals surface area contributed by atoms with E-state index in [4.69, 9.17) is 28.1 Å². The second kappa shape index (κ2) is 20.8. The normalized spacial score (nSPS) is 12.9. The van der Waals surface area contributed by atoms with E-state index in [1.54, 1.807) is 96.1 Å². The molecule has 0 aliphatic carbocycles. The van der Waals surface area contributed by atoms with Crippen molar-refractivity contribution in [3.05, 3.63) is 101 Å². The number of para-hydroxylation sites is 1. The largest absolute Gasteiger partial charge is 0.467 e. The van der Waals surface area contributed by atoms with Gasteiger partial charge < -0.3 is 44.1 Å². The van der Waals surface area contributed by atoms with Gasteiger partial charge in [0.25, 0.3) is 0 Å². The maximum Gasteiger partial charge on any atom is 0.408 e. The summed E-state index contributed by atoms with van der Waals surface area (Å²) in [5, 5.41) is 7.58. The third-order valence-electron chi connectivity index (χ3n) is 8.24. The van der Waals surface area contributed by atoms with Crippen molar-refractivity contribution in [3.8, 4) is 0 Å². The van der Waals surface area contributed by atoms with Crippen LogP contribution in [-0.2, 0) is 68.9 Å². The zero-order chi connectivity index (χ0) is 43.2. The highest BCUT2D eigenvalue weighted by molar-refractivity contribution is 5.92. The van der Waals surface area contributed by atoms with Gasteiger partial charge in [0.05, 0.1) is 13.5 Å². The Morgan fingerprint density at radius 2 is 1.25 bits per heavy atom. The minimum atomic E-state index is -1.48. The van der Waals surface area contributed by atoms with Crippen LogP contribution in [0.15, 0.2) is 83.3 Å². The summed E-state index contributed by atoms with van der Waals surface area (Å²) in [5.41, 5.74) is 1.03. The van der Waals surface area contributed by atoms with Crippen molar-refractivity contribution < 1.29 is 56.9 Å². The lowest BCUT2D eigenvalue weighted by molar-refractivity contribution is -0.157. The van der Waals surface area contributed by atoms with E-state index in [0.717, 1.165) is 18.2 Å². The van der Waals surface area contributed by atoms with Gasteiger partial charge in [0.1, 0.15) is 48.1 Å². The highest BCUT2D eigenvalue weighted by Crippen LogP contribution is 2.23. The van der Waals surface area contributed by atoms with E-state index in [1.807, 2.05) is 24.3 Å². The molecular formula is C43H52N4O12. The number of nitrogens with one attached hydrogen (secondary N) is 3. The number of nitrogens with zero attached hydrogens (tertiary/aromatic N) is 1. The van der Waals surface area contributed by atoms with Crippen molar-refractivity contribution in [2.24, 2.45) is 0 Å². The van der Waals surface area contributed by atoms with Crippen molar-refractivity contribution in [3.63, 3.8) is 0 Å². The number of aromatic nitrogens is 1. The first-order valence-electron chi connectivity index (χ1n) is 19.0. The smallest absolute Gasteiger partial charge is 0.408 e. The highest BCUT2D eigenvalue weighted by atomic mass is 16.6. The van der Waals surface area contributed by atoms with Gasteiger partial charge >= 0.3 is 30.1 Å². The average Bonchev–Trinajstić information content (AvgIpc) is 3.60. The van der Waals surface area contributed by atoms with Crippen molar-refractivity contribution >= 4 is 47.1 Å². The van der Waals surface area contributed by atoms with Gasteiger partial charge in [-0.1, -0.05) is 72.8 Å². The zero-order valence-corrected chi connectivity index (χ0v) is 34.3. The molecule has 4 rings (SSSR count). The molecule has 16 nitrogen and oxygen atoms in total. The van der Waals surface area contributed by atoms with Crippen molar-refractivity contribution in [2.45, 2.75) is 110 Å². The number of fused-ring (bicyclic) bond motifs is 1. The summed E-state index contributed by atoms with van der Waals surface area (Å²) in [5.74, 6) is -2.95. The number of amides is 3. The third-order valence-corrected chi connectivity index (χ3v) is 8.24. The fourth-order valence-electron chi connectivity index (χ4n) is 5.57. The minimum Gasteiger partial charge on any atom is -0.467 e. The van der Waals surface area contributed by atoms with Crippen LogP contribution in [0.1, 0.15) is 77.0 Å². The van der Waals surface area contributed by atoms with Crippen LogP contribution in [0.3, 0.4) is 0 Å². The summed E-state index contributed by atoms with van der Waals surface area (Å²) in [7, 11) is 1.15. The second-order valence-corrected chi connectivity index (χ2v) is 15.5. The molecule has 0 saturated heterocycles. The standard InChI is InChI=1S/C43H52N4O12/c1-42(2,3)58-39(51)32(46-40(52)56-26-28-17-12-9-13-18-28)23-29-19-14-20-33-36(29)47-34(57-33)22-21-30(38(50)54-7)44-37(49)31(45-41(53)59-43(4,5)6)24-35(48)55-25-27-15-10-8-11-16-27/h8-20,30-32H,21-26H2,1-7H3,(H,44,49)(H,45,53)(H,46,52)/t30-,31-,32-/m0/s1. The monoisotopic (exact) mass is 816 g/mol. The van der Waals surface area contributed by atoms with Gasteiger partial charge in [0.2, 0.25) is 5.91 Å². The van der Waals surface area contributed by atoms with Crippen LogP contribution in [0.4, 0.5) is 9.59 Å². The molecule has 316 valence electrons. The van der Waals surface area contributed by atoms with E-state index in [0.29, 0.717) is 16.7 Å². The van der Waals surface area contributed by atoms with E-state index in [-0.39, 0.29) is 38.4 Å². The average molecular weight is 817 g/mol. The van der Waals surface area contributed by atoms with E-state index in [9.17, 15) is 28.8 Å². The Kier molecular flexibility index (Phi) is 16.0. The Bertz CT molecular complexity index is 2060. The summed E-state index contributed by atoms with van der Waals surface area (Å²) in [6.45, 7) is 9.98. The summed E-state index contributed by atoms with van der Waals surface area (Å²) >= 11 is 0. The SMILES string of the molecule is COC(=O)[C@H](CCc1nc2c(C[C@H](NC(=O)OCc3ccccc3)C(=O)OC(C)(C)C)cccc2o1)NC(=O)[C@H](CC(=O)OCc1ccccc1)NC(=O)OC(C)(C)C. The molecule has 3 amide bonds. The molecule has 0 saturated carbocycles. The van der Waals surface area contributed by atoms with Gasteiger partial charge in [-0.25, -0.2) is 24.2 Å². The van der Waals surface area contributed by atoms with Gasteiger partial charge in [0.15, 0.2) is 11.5 Å². The minimum absolute atomic E-state index is 0.00876. The fraction of sp³-hybridized carbons (Fsp3) is 0.419. The first kappa shape index (κ1) is 45.3. The Hall–Kier alpha value is -6.45. The van der Waals surface area contributed by atoms with Gasteiger partial charge in [-0.3, -0.25) is 9.59 Å². The number of rotatable bonds is 17. The predicted molar refractivity (Wildman–Crippen MR) is 213 cm³/mol. The lowest BCUT2D eigenvalue weighted by Crippen LogP contribution is -2.53. The van der Waals surface area contributed by atoms with Crippen LogP contribution in [0, 0.1) is 0 Å². The fourth-order valence-corrected chi connectivity index (χ4v) is 5.57.